The third-order valence-electron chi connectivity index (χ3n) is 2.57. The number of hydrogen-bond donors (Lipinski definition) is 0. The van der Waals surface area contributed by atoms with Gasteiger partial charge in [0.25, 0.3) is 0 Å². The fourth-order valence-electron chi connectivity index (χ4n) is 1.70. The second-order valence-corrected chi connectivity index (χ2v) is 4.96. The number of nitrogens with zero attached hydrogens (tertiary/aromatic N) is 2. The maximum absolute atomic E-state index is 5.98. The number of halogens is 1. The zero-order valence-corrected chi connectivity index (χ0v) is 9.37. The van der Waals surface area contributed by atoms with Crippen molar-refractivity contribution in [3.8, 4) is 0 Å². The van der Waals surface area contributed by atoms with E-state index in [0.717, 1.165) is 11.0 Å². The Hall–Kier alpha value is -0.120. The van der Waals surface area contributed by atoms with Crippen molar-refractivity contribution in [3.63, 3.8) is 0 Å². The second-order valence-electron chi connectivity index (χ2n) is 3.52. The standard InChI is InChI=1S/C9H14ClN2S/c1-11-8(7-13-9(11)10)6-12-4-2-3-5-12/h7H,2-6H2,1H3/q+1. The Balaban J connectivity index is 2.04. The topological polar surface area (TPSA) is 7.12 Å². The van der Waals surface area contributed by atoms with Gasteiger partial charge in [0, 0.05) is 11.6 Å². The first-order chi connectivity index (χ1) is 6.27. The molecule has 0 N–H and O–H groups in total. The van der Waals surface area contributed by atoms with Crippen LogP contribution >= 0.6 is 22.9 Å². The molecule has 1 aromatic rings. The molecule has 1 fully saturated rings. The monoisotopic (exact) mass is 217 g/mol. The van der Waals surface area contributed by atoms with Crippen LogP contribution in [-0.2, 0) is 13.6 Å². The van der Waals surface area contributed by atoms with Crippen LogP contribution in [0.1, 0.15) is 18.5 Å². The van der Waals surface area contributed by atoms with Gasteiger partial charge in [-0.25, -0.2) is 0 Å². The van der Waals surface area contributed by atoms with E-state index < -0.39 is 0 Å². The minimum absolute atomic E-state index is 0.870. The third kappa shape index (κ3) is 2.03. The molecule has 72 valence electrons. The fraction of sp³-hybridized carbons (Fsp3) is 0.667. The minimum Gasteiger partial charge on any atom is -0.294 e. The molecule has 0 aromatic carbocycles. The Morgan fingerprint density at radius 1 is 1.54 bits per heavy atom. The SMILES string of the molecule is C[n+]1c(CN2CCCC2)csc1Cl. The molecule has 0 saturated carbocycles. The summed E-state index contributed by atoms with van der Waals surface area (Å²) in [6.45, 7) is 3.54. The lowest BCUT2D eigenvalue weighted by molar-refractivity contribution is -0.673. The van der Waals surface area contributed by atoms with Crippen molar-refractivity contribution in [2.45, 2.75) is 19.4 Å². The molecule has 13 heavy (non-hydrogen) atoms. The van der Waals surface area contributed by atoms with Gasteiger partial charge >= 0.3 is 4.47 Å². The smallest absolute Gasteiger partial charge is 0.294 e. The van der Waals surface area contributed by atoms with Crippen molar-refractivity contribution in [1.29, 1.82) is 0 Å². The molecule has 2 nitrogen and oxygen atoms in total. The molecule has 2 heterocycles. The predicted molar refractivity (Wildman–Crippen MR) is 55.0 cm³/mol. The molecule has 0 radical (unpaired) electrons. The lowest BCUT2D eigenvalue weighted by atomic mass is 10.4. The summed E-state index contributed by atoms with van der Waals surface area (Å²) >= 11 is 7.59. The maximum Gasteiger partial charge on any atom is 0.333 e. The summed E-state index contributed by atoms with van der Waals surface area (Å²) in [6.07, 6.45) is 2.70. The quantitative estimate of drug-likeness (QED) is 0.686. The van der Waals surface area contributed by atoms with Gasteiger partial charge in [0.15, 0.2) is 0 Å². The summed E-state index contributed by atoms with van der Waals surface area (Å²) in [5.74, 6) is 0. The molecule has 4 heteroatoms. The highest BCUT2D eigenvalue weighted by atomic mass is 35.5. The highest BCUT2D eigenvalue weighted by Gasteiger charge is 2.19. The lowest BCUT2D eigenvalue weighted by Crippen LogP contribution is -2.35. The molecular weight excluding hydrogens is 204 g/mol. The second kappa shape index (κ2) is 3.95. The first-order valence-corrected chi connectivity index (χ1v) is 5.87. The Bertz CT molecular complexity index is 292. The Morgan fingerprint density at radius 2 is 2.23 bits per heavy atom. The summed E-state index contributed by atoms with van der Waals surface area (Å²) in [5.41, 5.74) is 1.33. The van der Waals surface area contributed by atoms with Crippen LogP contribution < -0.4 is 4.57 Å². The molecule has 1 aromatic heterocycles. The maximum atomic E-state index is 5.98. The molecule has 0 amide bonds. The average Bonchev–Trinajstić information content (AvgIpc) is 2.71. The molecular formula is C9H14ClN2S+. The van der Waals surface area contributed by atoms with Crippen LogP contribution in [0.2, 0.25) is 4.47 Å². The third-order valence-corrected chi connectivity index (χ3v) is 3.95. The van der Waals surface area contributed by atoms with E-state index in [1.807, 2.05) is 7.05 Å². The summed E-state index contributed by atoms with van der Waals surface area (Å²) in [5, 5.41) is 2.15. The zero-order valence-electron chi connectivity index (χ0n) is 7.79. The molecule has 1 aliphatic heterocycles. The molecule has 0 atom stereocenters. The first-order valence-electron chi connectivity index (χ1n) is 4.61. The number of likely N-dealkylation sites (tertiary alicyclic amines) is 1. The molecule has 2 rings (SSSR count). The van der Waals surface area contributed by atoms with E-state index >= 15 is 0 Å². The van der Waals surface area contributed by atoms with Crippen LogP contribution in [-0.4, -0.2) is 18.0 Å². The van der Waals surface area contributed by atoms with Crippen LogP contribution in [0.15, 0.2) is 5.38 Å². The number of thiazole rings is 1. The number of aromatic nitrogens is 1. The van der Waals surface area contributed by atoms with Crippen molar-refractivity contribution in [1.82, 2.24) is 4.90 Å². The van der Waals surface area contributed by atoms with Crippen LogP contribution in [0.3, 0.4) is 0 Å². The molecule has 0 spiro atoms. The summed E-state index contributed by atoms with van der Waals surface area (Å²) in [6, 6.07) is 0. The summed E-state index contributed by atoms with van der Waals surface area (Å²) in [4.78, 5) is 2.48. The van der Waals surface area contributed by atoms with Crippen LogP contribution in [0.5, 0.6) is 0 Å². The van der Waals surface area contributed by atoms with Crippen molar-refractivity contribution < 1.29 is 4.57 Å². The fourth-order valence-corrected chi connectivity index (χ4v) is 2.68. The number of hydrogen-bond acceptors (Lipinski definition) is 2. The Morgan fingerprint density at radius 3 is 2.77 bits per heavy atom. The van der Waals surface area contributed by atoms with Gasteiger partial charge in [0.05, 0.1) is 11.9 Å². The zero-order chi connectivity index (χ0) is 9.26. The first kappa shape index (κ1) is 9.44. The molecule has 0 aliphatic carbocycles. The van der Waals surface area contributed by atoms with Crippen molar-refractivity contribution in [2.75, 3.05) is 13.1 Å². The van der Waals surface area contributed by atoms with Gasteiger partial charge in [-0.05, 0) is 25.9 Å². The lowest BCUT2D eigenvalue weighted by Gasteiger charge is -2.10. The Kier molecular flexibility index (Phi) is 2.86. The van der Waals surface area contributed by atoms with Gasteiger partial charge in [0.1, 0.15) is 7.05 Å². The van der Waals surface area contributed by atoms with Crippen LogP contribution in [0.25, 0.3) is 0 Å². The normalized spacial score (nSPS) is 18.3. The van der Waals surface area contributed by atoms with Gasteiger partial charge in [0.2, 0.25) is 5.69 Å². The number of rotatable bonds is 2. The van der Waals surface area contributed by atoms with Gasteiger partial charge in [-0.2, -0.15) is 4.57 Å². The predicted octanol–water partition coefficient (Wildman–Crippen LogP) is 1.82. The molecule has 0 unspecified atom stereocenters. The van der Waals surface area contributed by atoms with E-state index in [0.29, 0.717) is 0 Å². The summed E-state index contributed by atoms with van der Waals surface area (Å²) < 4.78 is 2.94. The van der Waals surface area contributed by atoms with E-state index in [4.69, 9.17) is 11.6 Å². The van der Waals surface area contributed by atoms with Crippen LogP contribution in [0.4, 0.5) is 0 Å². The molecule has 1 aliphatic rings. The van der Waals surface area contributed by atoms with E-state index in [1.54, 1.807) is 11.3 Å². The van der Waals surface area contributed by atoms with E-state index in [2.05, 4.69) is 14.8 Å². The minimum atomic E-state index is 0.870. The molecule has 1 saturated heterocycles. The van der Waals surface area contributed by atoms with Crippen molar-refractivity contribution in [2.24, 2.45) is 7.05 Å². The van der Waals surface area contributed by atoms with Gasteiger partial charge in [-0.1, -0.05) is 11.3 Å². The van der Waals surface area contributed by atoms with E-state index in [1.165, 1.54) is 31.6 Å². The van der Waals surface area contributed by atoms with Gasteiger partial charge in [-0.15, -0.1) is 0 Å². The molecule has 0 bridgehead atoms. The highest BCUT2D eigenvalue weighted by molar-refractivity contribution is 7.13. The van der Waals surface area contributed by atoms with Gasteiger partial charge in [-0.3, -0.25) is 4.90 Å². The van der Waals surface area contributed by atoms with E-state index in [9.17, 15) is 0 Å². The van der Waals surface area contributed by atoms with Crippen molar-refractivity contribution >= 4 is 22.9 Å². The van der Waals surface area contributed by atoms with Crippen molar-refractivity contribution in [3.05, 3.63) is 15.5 Å². The van der Waals surface area contributed by atoms with Gasteiger partial charge < -0.3 is 0 Å². The largest absolute Gasteiger partial charge is 0.333 e. The highest BCUT2D eigenvalue weighted by Crippen LogP contribution is 2.16. The average molecular weight is 218 g/mol. The van der Waals surface area contributed by atoms with Crippen LogP contribution in [0, 0.1) is 0 Å². The summed E-state index contributed by atoms with van der Waals surface area (Å²) in [7, 11) is 2.03. The Labute approximate surface area is 87.7 Å². The van der Waals surface area contributed by atoms with E-state index in [-0.39, 0.29) is 0 Å².